The van der Waals surface area contributed by atoms with E-state index in [4.69, 9.17) is 4.74 Å². The summed E-state index contributed by atoms with van der Waals surface area (Å²) in [6.07, 6.45) is 6.28. The summed E-state index contributed by atoms with van der Waals surface area (Å²) >= 11 is 0. The number of carbonyl (C=O) groups excluding carboxylic acids is 1. The summed E-state index contributed by atoms with van der Waals surface area (Å²) in [7, 11) is 0. The van der Waals surface area contributed by atoms with Gasteiger partial charge in [-0.15, -0.1) is 10.2 Å². The standard InChI is InChI=1S/C17H29N5O2/c1-13(2)10-22-12-19-20-17(22)15-6-3-7-21(15)11-16(23)18-9-14-5-4-8-24-14/h12-15H,3-11H2,1-2H3,(H,18,23)/t14-,15+/m0/s1. The van der Waals surface area contributed by atoms with Crippen molar-refractivity contribution in [3.05, 3.63) is 12.2 Å². The number of nitrogens with one attached hydrogen (secondary N) is 1. The van der Waals surface area contributed by atoms with Crippen molar-refractivity contribution in [2.75, 3.05) is 26.2 Å². The van der Waals surface area contributed by atoms with Gasteiger partial charge in [-0.05, 0) is 38.1 Å². The average molecular weight is 335 g/mol. The minimum absolute atomic E-state index is 0.0762. The van der Waals surface area contributed by atoms with E-state index in [9.17, 15) is 4.79 Å². The summed E-state index contributed by atoms with van der Waals surface area (Å²) in [5.74, 6) is 1.62. The molecule has 7 heteroatoms. The summed E-state index contributed by atoms with van der Waals surface area (Å²) < 4.78 is 7.69. The molecule has 1 N–H and O–H groups in total. The predicted molar refractivity (Wildman–Crippen MR) is 90.4 cm³/mol. The predicted octanol–water partition coefficient (Wildman–Crippen LogP) is 1.37. The molecule has 7 nitrogen and oxygen atoms in total. The van der Waals surface area contributed by atoms with Crippen molar-refractivity contribution in [3.8, 4) is 0 Å². The SMILES string of the molecule is CC(C)Cn1cnnc1[C@H]1CCCN1CC(=O)NC[C@@H]1CCCO1. The number of ether oxygens (including phenoxy) is 1. The molecule has 0 saturated carbocycles. The van der Waals surface area contributed by atoms with Gasteiger partial charge in [-0.2, -0.15) is 0 Å². The Labute approximate surface area is 143 Å². The Morgan fingerprint density at radius 1 is 1.42 bits per heavy atom. The average Bonchev–Trinajstić information content (AvgIpc) is 3.25. The van der Waals surface area contributed by atoms with Gasteiger partial charge in [0.25, 0.3) is 0 Å². The molecule has 2 aliphatic rings. The molecule has 0 spiro atoms. The maximum absolute atomic E-state index is 12.3. The van der Waals surface area contributed by atoms with Crippen molar-refractivity contribution in [2.45, 2.75) is 58.2 Å². The van der Waals surface area contributed by atoms with Crippen LogP contribution in [0, 0.1) is 5.92 Å². The van der Waals surface area contributed by atoms with Gasteiger partial charge in [0.05, 0.1) is 18.7 Å². The number of hydrogen-bond donors (Lipinski definition) is 1. The second kappa shape index (κ2) is 8.07. The third kappa shape index (κ3) is 4.33. The Morgan fingerprint density at radius 2 is 2.29 bits per heavy atom. The molecule has 3 rings (SSSR count). The molecule has 24 heavy (non-hydrogen) atoms. The van der Waals surface area contributed by atoms with Crippen LogP contribution in [-0.2, 0) is 16.1 Å². The topological polar surface area (TPSA) is 72.3 Å². The van der Waals surface area contributed by atoms with Gasteiger partial charge in [-0.1, -0.05) is 13.8 Å². The fraction of sp³-hybridized carbons (Fsp3) is 0.824. The number of nitrogens with zero attached hydrogens (tertiary/aromatic N) is 4. The molecule has 2 aliphatic heterocycles. The number of likely N-dealkylation sites (tertiary alicyclic amines) is 1. The largest absolute Gasteiger partial charge is 0.376 e. The molecule has 3 heterocycles. The van der Waals surface area contributed by atoms with Crippen molar-refractivity contribution in [1.29, 1.82) is 0 Å². The van der Waals surface area contributed by atoms with Crippen LogP contribution in [0.4, 0.5) is 0 Å². The molecule has 0 aliphatic carbocycles. The van der Waals surface area contributed by atoms with Crippen molar-refractivity contribution in [3.63, 3.8) is 0 Å². The van der Waals surface area contributed by atoms with Gasteiger partial charge >= 0.3 is 0 Å². The van der Waals surface area contributed by atoms with Crippen molar-refractivity contribution < 1.29 is 9.53 Å². The lowest BCUT2D eigenvalue weighted by Gasteiger charge is -2.24. The molecule has 2 atom stereocenters. The highest BCUT2D eigenvalue weighted by molar-refractivity contribution is 5.78. The summed E-state index contributed by atoms with van der Waals surface area (Å²) in [4.78, 5) is 14.5. The Kier molecular flexibility index (Phi) is 5.84. The second-order valence-corrected chi connectivity index (χ2v) is 7.30. The Hall–Kier alpha value is -1.47. The first kappa shape index (κ1) is 17.4. The van der Waals surface area contributed by atoms with Gasteiger partial charge in [-0.25, -0.2) is 0 Å². The van der Waals surface area contributed by atoms with Crippen LogP contribution in [0.3, 0.4) is 0 Å². The number of rotatable bonds is 7. The molecule has 0 unspecified atom stereocenters. The zero-order valence-corrected chi connectivity index (χ0v) is 14.8. The van der Waals surface area contributed by atoms with E-state index in [2.05, 4.69) is 38.8 Å². The van der Waals surface area contributed by atoms with Crippen LogP contribution in [0.25, 0.3) is 0 Å². The highest BCUT2D eigenvalue weighted by Gasteiger charge is 2.31. The Balaban J connectivity index is 1.55. The monoisotopic (exact) mass is 335 g/mol. The van der Waals surface area contributed by atoms with Gasteiger partial charge in [0.1, 0.15) is 12.2 Å². The fourth-order valence-corrected chi connectivity index (χ4v) is 3.64. The Morgan fingerprint density at radius 3 is 3.04 bits per heavy atom. The summed E-state index contributed by atoms with van der Waals surface area (Å²) in [5.41, 5.74) is 0. The Bertz CT molecular complexity index is 539. The van der Waals surface area contributed by atoms with E-state index >= 15 is 0 Å². The molecule has 1 aromatic heterocycles. The van der Waals surface area contributed by atoms with Gasteiger partial charge < -0.3 is 14.6 Å². The molecule has 134 valence electrons. The minimum atomic E-state index is 0.0762. The van der Waals surface area contributed by atoms with Crippen LogP contribution in [0.15, 0.2) is 6.33 Å². The molecule has 2 fully saturated rings. The lowest BCUT2D eigenvalue weighted by Crippen LogP contribution is -2.40. The normalized spacial score (nSPS) is 24.8. The first-order valence-corrected chi connectivity index (χ1v) is 9.13. The van der Waals surface area contributed by atoms with Crippen molar-refractivity contribution >= 4 is 5.91 Å². The van der Waals surface area contributed by atoms with Crippen LogP contribution in [0.1, 0.15) is 51.4 Å². The molecule has 0 aromatic carbocycles. The summed E-state index contributed by atoms with van der Waals surface area (Å²) in [6, 6.07) is 0.194. The van der Waals surface area contributed by atoms with E-state index in [0.29, 0.717) is 19.0 Å². The third-order valence-corrected chi connectivity index (χ3v) is 4.77. The maximum atomic E-state index is 12.3. The van der Waals surface area contributed by atoms with Gasteiger partial charge in [0.2, 0.25) is 5.91 Å². The van der Waals surface area contributed by atoms with Gasteiger partial charge in [0.15, 0.2) is 0 Å². The third-order valence-electron chi connectivity index (χ3n) is 4.77. The van der Waals surface area contributed by atoms with E-state index in [-0.39, 0.29) is 18.1 Å². The smallest absolute Gasteiger partial charge is 0.234 e. The first-order chi connectivity index (χ1) is 11.6. The summed E-state index contributed by atoms with van der Waals surface area (Å²) in [6.45, 7) is 8.10. The number of hydrogen-bond acceptors (Lipinski definition) is 5. The van der Waals surface area contributed by atoms with E-state index in [0.717, 1.165) is 51.2 Å². The number of carbonyl (C=O) groups is 1. The van der Waals surface area contributed by atoms with Crippen LogP contribution in [0.5, 0.6) is 0 Å². The zero-order chi connectivity index (χ0) is 16.9. The van der Waals surface area contributed by atoms with Crippen molar-refractivity contribution in [1.82, 2.24) is 25.0 Å². The minimum Gasteiger partial charge on any atom is -0.376 e. The van der Waals surface area contributed by atoms with E-state index in [1.807, 2.05) is 6.33 Å². The zero-order valence-electron chi connectivity index (χ0n) is 14.8. The van der Waals surface area contributed by atoms with Crippen LogP contribution < -0.4 is 5.32 Å². The van der Waals surface area contributed by atoms with Gasteiger partial charge in [0, 0.05) is 19.7 Å². The second-order valence-electron chi connectivity index (χ2n) is 7.30. The lowest BCUT2D eigenvalue weighted by molar-refractivity contribution is -0.123. The van der Waals surface area contributed by atoms with Crippen LogP contribution in [0.2, 0.25) is 0 Å². The fourth-order valence-electron chi connectivity index (χ4n) is 3.64. The van der Waals surface area contributed by atoms with Crippen LogP contribution >= 0.6 is 0 Å². The first-order valence-electron chi connectivity index (χ1n) is 9.13. The molecular formula is C17H29N5O2. The number of aromatic nitrogens is 3. The van der Waals surface area contributed by atoms with E-state index in [1.54, 1.807) is 0 Å². The quantitative estimate of drug-likeness (QED) is 0.815. The highest BCUT2D eigenvalue weighted by Crippen LogP contribution is 2.30. The van der Waals surface area contributed by atoms with E-state index in [1.165, 1.54) is 0 Å². The van der Waals surface area contributed by atoms with Crippen molar-refractivity contribution in [2.24, 2.45) is 5.92 Å². The van der Waals surface area contributed by atoms with Gasteiger partial charge in [-0.3, -0.25) is 9.69 Å². The maximum Gasteiger partial charge on any atom is 0.234 e. The highest BCUT2D eigenvalue weighted by atomic mass is 16.5. The molecule has 0 bridgehead atoms. The molecular weight excluding hydrogens is 306 g/mol. The lowest BCUT2D eigenvalue weighted by atomic mass is 10.2. The molecule has 0 radical (unpaired) electrons. The van der Waals surface area contributed by atoms with Crippen LogP contribution in [-0.4, -0.2) is 57.9 Å². The summed E-state index contributed by atoms with van der Waals surface area (Å²) in [5, 5.41) is 11.4. The molecule has 1 aromatic rings. The molecule has 1 amide bonds. The molecule has 2 saturated heterocycles. The van der Waals surface area contributed by atoms with E-state index < -0.39 is 0 Å². The number of amides is 1.